The smallest absolute Gasteiger partial charge is 0.371 e. The van der Waals surface area contributed by atoms with E-state index in [2.05, 4.69) is 17.0 Å². The molecule has 0 bridgehead atoms. The fourth-order valence-corrected chi connectivity index (χ4v) is 3.95. The van der Waals surface area contributed by atoms with Gasteiger partial charge in [-0.3, -0.25) is 9.69 Å². The van der Waals surface area contributed by atoms with E-state index in [1.54, 1.807) is 12.1 Å². The van der Waals surface area contributed by atoms with Crippen molar-refractivity contribution in [2.24, 2.45) is 5.41 Å². The van der Waals surface area contributed by atoms with Gasteiger partial charge in [-0.2, -0.15) is 0 Å². The first-order valence-electron chi connectivity index (χ1n) is 9.57. The number of hydrogen-bond acceptors (Lipinski definition) is 4. The molecular formula is C23H25Cl2NO4. The highest BCUT2D eigenvalue weighted by molar-refractivity contribution is 6.30. The fraction of sp³-hybridized carbons (Fsp3) is 0.304. The van der Waals surface area contributed by atoms with Gasteiger partial charge in [-0.15, -0.1) is 12.4 Å². The van der Waals surface area contributed by atoms with Gasteiger partial charge in [-0.05, 0) is 55.6 Å². The molecule has 7 heteroatoms. The van der Waals surface area contributed by atoms with Gasteiger partial charge < -0.3 is 10.2 Å². The zero-order valence-electron chi connectivity index (χ0n) is 16.5. The number of aliphatic hydroxyl groups is 1. The number of carboxylic acids is 1. The van der Waals surface area contributed by atoms with Crippen LogP contribution in [0, 0.1) is 5.41 Å². The molecular weight excluding hydrogens is 425 g/mol. The van der Waals surface area contributed by atoms with Crippen molar-refractivity contribution in [1.29, 1.82) is 0 Å². The Bertz CT molecular complexity index is 889. The molecule has 30 heavy (non-hydrogen) atoms. The summed E-state index contributed by atoms with van der Waals surface area (Å²) in [5.41, 5.74) is 1.43. The number of likely N-dealkylation sites (tertiary alicyclic amines) is 1. The molecule has 0 amide bonds. The second kappa shape index (κ2) is 10.6. The number of rotatable bonds is 7. The first-order chi connectivity index (χ1) is 13.9. The number of carboxylic acid groups (broad SMARTS) is 1. The number of carbonyl (C=O) groups excluding carboxylic acids is 1. The number of benzene rings is 2. The largest absolute Gasteiger partial charge is 0.502 e. The molecule has 0 aliphatic carbocycles. The highest BCUT2D eigenvalue weighted by atomic mass is 35.5. The van der Waals surface area contributed by atoms with E-state index < -0.39 is 17.1 Å². The van der Waals surface area contributed by atoms with E-state index in [9.17, 15) is 14.7 Å². The average molecular weight is 450 g/mol. The summed E-state index contributed by atoms with van der Waals surface area (Å²) >= 11 is 5.97. The molecule has 0 saturated carbocycles. The number of aliphatic hydroxyl groups excluding tert-OH is 1. The molecule has 2 aromatic rings. The van der Waals surface area contributed by atoms with Gasteiger partial charge in [0.05, 0.1) is 0 Å². The van der Waals surface area contributed by atoms with Gasteiger partial charge in [0.2, 0.25) is 5.76 Å². The molecule has 2 N–H and O–H groups in total. The molecule has 0 aromatic heterocycles. The van der Waals surface area contributed by atoms with Gasteiger partial charge in [0.1, 0.15) is 0 Å². The Morgan fingerprint density at radius 3 is 2.13 bits per heavy atom. The molecule has 0 spiro atoms. The van der Waals surface area contributed by atoms with Crippen molar-refractivity contribution < 1.29 is 19.8 Å². The molecule has 1 saturated heterocycles. The Morgan fingerprint density at radius 1 is 0.967 bits per heavy atom. The number of piperidine rings is 1. The first-order valence-corrected chi connectivity index (χ1v) is 9.95. The second-order valence-corrected chi connectivity index (χ2v) is 7.98. The number of hydrogen-bond donors (Lipinski definition) is 2. The number of ketones is 1. The van der Waals surface area contributed by atoms with Crippen LogP contribution in [0.25, 0.3) is 0 Å². The lowest BCUT2D eigenvalue weighted by Gasteiger charge is -2.40. The van der Waals surface area contributed by atoms with Crippen LogP contribution in [0.15, 0.2) is 66.4 Å². The standard InChI is InChI=1S/C23H24ClNO4.ClH/c24-19-8-6-17(7-9-19)15-23(21(27)14-20(26)22(28)29)10-12-25(13-11-23)16-18-4-2-1-3-5-18;/h1-9,14,26H,10-13,15-16H2,(H,28,29);1H. The molecule has 1 aliphatic heterocycles. The summed E-state index contributed by atoms with van der Waals surface area (Å²) in [6.45, 7) is 2.24. The Balaban J connectivity index is 0.00000320. The van der Waals surface area contributed by atoms with E-state index in [4.69, 9.17) is 16.7 Å². The van der Waals surface area contributed by atoms with Gasteiger partial charge >= 0.3 is 5.97 Å². The van der Waals surface area contributed by atoms with E-state index in [1.165, 1.54) is 5.56 Å². The third kappa shape index (κ3) is 6.08. The van der Waals surface area contributed by atoms with Crippen LogP contribution in [-0.2, 0) is 22.6 Å². The first kappa shape index (κ1) is 23.9. The fourth-order valence-electron chi connectivity index (χ4n) is 3.82. The molecule has 1 fully saturated rings. The van der Waals surface area contributed by atoms with Gasteiger partial charge in [0.25, 0.3) is 0 Å². The SMILES string of the molecule is Cl.O=C(O)C(O)=CC(=O)C1(Cc2ccc(Cl)cc2)CCN(Cc2ccccc2)CC1. The van der Waals surface area contributed by atoms with Gasteiger partial charge in [-0.25, -0.2) is 4.79 Å². The third-order valence-corrected chi connectivity index (χ3v) is 5.78. The van der Waals surface area contributed by atoms with Gasteiger partial charge in [0, 0.05) is 23.1 Å². The Hall–Kier alpha value is -2.34. The van der Waals surface area contributed by atoms with Crippen molar-refractivity contribution in [3.63, 3.8) is 0 Å². The van der Waals surface area contributed by atoms with Crippen LogP contribution in [0.1, 0.15) is 24.0 Å². The molecule has 0 radical (unpaired) electrons. The summed E-state index contributed by atoms with van der Waals surface area (Å²) in [5, 5.41) is 19.2. The second-order valence-electron chi connectivity index (χ2n) is 7.54. The normalized spacial score (nSPS) is 16.5. The van der Waals surface area contributed by atoms with Crippen molar-refractivity contribution in [2.45, 2.75) is 25.8 Å². The third-order valence-electron chi connectivity index (χ3n) is 5.53. The summed E-state index contributed by atoms with van der Waals surface area (Å²) in [7, 11) is 0. The lowest BCUT2D eigenvalue weighted by molar-refractivity contribution is -0.136. The van der Waals surface area contributed by atoms with E-state index in [1.807, 2.05) is 30.3 Å². The monoisotopic (exact) mass is 449 g/mol. The van der Waals surface area contributed by atoms with Crippen LogP contribution >= 0.6 is 24.0 Å². The highest BCUT2D eigenvalue weighted by Crippen LogP contribution is 2.37. The average Bonchev–Trinajstić information content (AvgIpc) is 2.72. The molecule has 1 aliphatic rings. The van der Waals surface area contributed by atoms with Crippen molar-refractivity contribution in [1.82, 2.24) is 4.90 Å². The highest BCUT2D eigenvalue weighted by Gasteiger charge is 2.40. The maximum atomic E-state index is 13.0. The molecule has 160 valence electrons. The molecule has 3 rings (SSSR count). The molecule has 0 atom stereocenters. The molecule has 2 aromatic carbocycles. The van der Waals surface area contributed by atoms with Crippen LogP contribution in [0.2, 0.25) is 5.02 Å². The number of allylic oxidation sites excluding steroid dienone is 1. The van der Waals surface area contributed by atoms with Crippen molar-refractivity contribution in [3.8, 4) is 0 Å². The maximum absolute atomic E-state index is 13.0. The van der Waals surface area contributed by atoms with E-state index in [-0.39, 0.29) is 18.2 Å². The van der Waals surface area contributed by atoms with Crippen LogP contribution in [0.4, 0.5) is 0 Å². The number of nitrogens with zero attached hydrogens (tertiary/aromatic N) is 1. The zero-order valence-corrected chi connectivity index (χ0v) is 18.0. The van der Waals surface area contributed by atoms with E-state index >= 15 is 0 Å². The minimum Gasteiger partial charge on any atom is -0.502 e. The van der Waals surface area contributed by atoms with Crippen LogP contribution < -0.4 is 0 Å². The number of halogens is 2. The van der Waals surface area contributed by atoms with E-state index in [0.29, 0.717) is 24.3 Å². The van der Waals surface area contributed by atoms with Crippen LogP contribution in [-0.4, -0.2) is 40.0 Å². The Morgan fingerprint density at radius 2 is 1.57 bits per heavy atom. The number of aliphatic carboxylic acids is 1. The Kier molecular flexibility index (Phi) is 8.47. The summed E-state index contributed by atoms with van der Waals surface area (Å²) in [6.07, 6.45) is 2.52. The topological polar surface area (TPSA) is 77.8 Å². The Labute approximate surface area is 187 Å². The maximum Gasteiger partial charge on any atom is 0.371 e. The predicted molar refractivity (Wildman–Crippen MR) is 119 cm³/mol. The molecule has 0 unspecified atom stereocenters. The van der Waals surface area contributed by atoms with Crippen LogP contribution in [0.5, 0.6) is 0 Å². The lowest BCUT2D eigenvalue weighted by Crippen LogP contribution is -2.45. The van der Waals surface area contributed by atoms with Gasteiger partial charge in [-0.1, -0.05) is 54.1 Å². The van der Waals surface area contributed by atoms with Gasteiger partial charge in [0.15, 0.2) is 5.78 Å². The summed E-state index contributed by atoms with van der Waals surface area (Å²) < 4.78 is 0. The van der Waals surface area contributed by atoms with Crippen molar-refractivity contribution in [3.05, 3.63) is 82.6 Å². The number of carbonyl (C=O) groups is 2. The minimum absolute atomic E-state index is 0. The zero-order chi connectivity index (χ0) is 20.9. The van der Waals surface area contributed by atoms with Crippen molar-refractivity contribution in [2.75, 3.05) is 13.1 Å². The molecule has 5 nitrogen and oxygen atoms in total. The summed E-state index contributed by atoms with van der Waals surface area (Å²) in [4.78, 5) is 26.3. The summed E-state index contributed by atoms with van der Waals surface area (Å²) in [5.74, 6) is -2.76. The lowest BCUT2D eigenvalue weighted by atomic mass is 9.70. The van der Waals surface area contributed by atoms with E-state index in [0.717, 1.165) is 31.3 Å². The quantitative estimate of drug-likeness (QED) is 0.473. The minimum atomic E-state index is -1.50. The van der Waals surface area contributed by atoms with Crippen molar-refractivity contribution >= 4 is 35.8 Å². The predicted octanol–water partition coefficient (Wildman–Crippen LogP) is 4.68. The summed E-state index contributed by atoms with van der Waals surface area (Å²) in [6, 6.07) is 17.5. The molecule has 1 heterocycles. The van der Waals surface area contributed by atoms with Crippen LogP contribution in [0.3, 0.4) is 0 Å².